The van der Waals surface area contributed by atoms with E-state index in [1.165, 1.54) is 8.88 Å². The molecule has 7 heavy (non-hydrogen) atoms. The summed E-state index contributed by atoms with van der Waals surface area (Å²) >= 11 is 16.4. The Labute approximate surface area is 74.1 Å². The van der Waals surface area contributed by atoms with Crippen molar-refractivity contribution in [3.63, 3.8) is 0 Å². The van der Waals surface area contributed by atoms with Crippen LogP contribution < -0.4 is 0 Å². The smallest absolute Gasteiger partial charge is 0.00282 e. The molecule has 44 valence electrons. The molecule has 0 N–H and O–H groups in total. The van der Waals surface area contributed by atoms with Crippen LogP contribution in [0.5, 0.6) is 0 Å². The van der Waals surface area contributed by atoms with E-state index in [-0.39, 0.29) is 11.8 Å². The Kier molecular flexibility index (Phi) is 6.56. The highest BCUT2D eigenvalue weighted by Crippen LogP contribution is 1.80. The van der Waals surface area contributed by atoms with Gasteiger partial charge in [-0.15, -0.1) is 0 Å². The summed E-state index contributed by atoms with van der Waals surface area (Å²) in [6.07, 6.45) is 0. The van der Waals surface area contributed by atoms with Gasteiger partial charge in [-0.1, -0.05) is 0 Å². The lowest BCUT2D eigenvalue weighted by Gasteiger charge is -1.77. The van der Waals surface area contributed by atoms with Gasteiger partial charge in [-0.2, -0.15) is 6.57 Å². The zero-order valence-electron chi connectivity index (χ0n) is 2.83. The zero-order valence-corrected chi connectivity index (χ0v) is 9.88. The second kappa shape index (κ2) is 5.00. The first-order chi connectivity index (χ1) is 3.18. The molecule has 0 aromatic rings. The molecular weight excluding hydrogens is 319 g/mol. The third-order valence-electron chi connectivity index (χ3n) is 0.163. The molecule has 0 unspecified atom stereocenters. The van der Waals surface area contributed by atoms with E-state index in [4.69, 9.17) is 22.4 Å². The highest BCUT2D eigenvalue weighted by Gasteiger charge is 1.37. The van der Waals surface area contributed by atoms with Crippen LogP contribution in [0.1, 0.15) is 0 Å². The maximum atomic E-state index is 4.85. The van der Waals surface area contributed by atoms with E-state index in [0.29, 0.717) is 0 Å². The molecule has 0 aromatic carbocycles. The van der Waals surface area contributed by atoms with Crippen molar-refractivity contribution in [2.24, 2.45) is 0 Å². The van der Waals surface area contributed by atoms with Crippen LogP contribution in [0.4, 0.5) is 0 Å². The van der Waals surface area contributed by atoms with Crippen LogP contribution in [0.3, 0.4) is 0 Å². The average Bonchev–Trinajstić information content (AvgIpc) is 1.65. The van der Waals surface area contributed by atoms with E-state index >= 15 is 0 Å². The van der Waals surface area contributed by atoms with Crippen LogP contribution in [-0.4, -0.2) is 0 Å². The van der Waals surface area contributed by atoms with Crippen molar-refractivity contribution in [1.82, 2.24) is 0 Å². The second-order valence-electron chi connectivity index (χ2n) is 0.466. The van der Waals surface area contributed by atoms with Gasteiger partial charge in [0.1, 0.15) is 0 Å². The van der Waals surface area contributed by atoms with Gasteiger partial charge in [-0.05, 0) is 31.3 Å². The summed E-state index contributed by atoms with van der Waals surface area (Å²) in [6, 6.07) is 0. The SMILES string of the molecule is S=S=S(=S)=[S-](=S)I. The van der Waals surface area contributed by atoms with Crippen LogP contribution in [0.15, 0.2) is 0 Å². The van der Waals surface area contributed by atoms with Crippen LogP contribution in [0, 0.1) is 0 Å². The van der Waals surface area contributed by atoms with Gasteiger partial charge in [0.15, 0.2) is 0 Å². The van der Waals surface area contributed by atoms with Crippen molar-refractivity contribution in [2.45, 2.75) is 0 Å². The fourth-order valence-corrected chi connectivity index (χ4v) is 8.46. The fourth-order valence-electron chi connectivity index (χ4n) is 0.0218. The molecule has 0 fully saturated rings. The van der Waals surface area contributed by atoms with Crippen LogP contribution >= 0.6 is 21.2 Å². The Hall–Kier alpha value is 2.18. The van der Waals surface area contributed by atoms with E-state index in [9.17, 15) is 0 Å². The first-order valence-electron chi connectivity index (χ1n) is 0.988. The van der Waals surface area contributed by atoms with E-state index in [1.54, 1.807) is 0 Å². The summed E-state index contributed by atoms with van der Waals surface area (Å²) in [7, 11) is 1.26. The van der Waals surface area contributed by atoms with Gasteiger partial charge in [0, 0.05) is 0 Å². The van der Waals surface area contributed by atoms with Gasteiger partial charge < -0.3 is 0 Å². The Morgan fingerprint density at radius 3 is 2.14 bits per heavy atom. The van der Waals surface area contributed by atoms with Crippen LogP contribution in [-0.2, 0) is 54.2 Å². The molecule has 0 radical (unpaired) electrons. The highest BCUT2D eigenvalue weighted by molar-refractivity contribution is 14.2. The Bertz CT molecular complexity index is 242. The van der Waals surface area contributed by atoms with Gasteiger partial charge in [0.05, 0.1) is 0 Å². The fraction of sp³-hybridized carbons (Fsp3) is 0. The van der Waals surface area contributed by atoms with E-state index < -0.39 is 0 Å². The maximum Gasteiger partial charge on any atom is -0.00282 e. The topological polar surface area (TPSA) is 0 Å². The lowest BCUT2D eigenvalue weighted by Crippen LogP contribution is -1.48. The molecule has 0 aliphatic rings. The van der Waals surface area contributed by atoms with E-state index in [2.05, 4.69) is 32.4 Å². The van der Waals surface area contributed by atoms with Gasteiger partial charge >= 0.3 is 0 Å². The quantitative estimate of drug-likeness (QED) is 0.369. The van der Waals surface area contributed by atoms with Crippen molar-refractivity contribution >= 4 is 75.4 Å². The summed E-state index contributed by atoms with van der Waals surface area (Å²) in [4.78, 5) is 0. The number of hydrogen-bond donors (Lipinski definition) is 0. The summed E-state index contributed by atoms with van der Waals surface area (Å²) in [5.41, 5.74) is 0. The minimum absolute atomic E-state index is 0.106. The summed E-state index contributed by atoms with van der Waals surface area (Å²) in [5.74, 6) is 0. The Morgan fingerprint density at radius 1 is 1.71 bits per heavy atom. The van der Waals surface area contributed by atoms with Crippen molar-refractivity contribution in [2.75, 3.05) is 0 Å². The first-order valence-corrected chi connectivity index (χ1v) is 10.6. The number of halogens is 1. The molecule has 0 nitrogen and oxygen atoms in total. The summed E-state index contributed by atoms with van der Waals surface area (Å²) in [6.45, 7) is -0.185. The molecule has 0 atom stereocenters. The molecule has 7 heteroatoms. The van der Waals surface area contributed by atoms with E-state index in [1.807, 2.05) is 0 Å². The third-order valence-corrected chi connectivity index (χ3v) is 18.3. The first kappa shape index (κ1) is 9.18. The lowest BCUT2D eigenvalue weighted by atomic mass is 30.7. The average molecular weight is 319 g/mol. The highest BCUT2D eigenvalue weighted by atomic mass is 127. The van der Waals surface area contributed by atoms with Crippen molar-refractivity contribution in [1.29, 1.82) is 0 Å². The predicted octanol–water partition coefficient (Wildman–Crippen LogP) is 0.871. The molecule has 0 rings (SSSR count). The molecule has 0 heterocycles. The second-order valence-corrected chi connectivity index (χ2v) is 16.8. The third kappa shape index (κ3) is 4.67. The minimum atomic E-state index is -0.185. The molecule has 0 saturated carbocycles. The van der Waals surface area contributed by atoms with Crippen molar-refractivity contribution in [3.05, 3.63) is 0 Å². The monoisotopic (exact) mass is 319 g/mol. The van der Waals surface area contributed by atoms with Crippen molar-refractivity contribution in [3.8, 4) is 0 Å². The molecule has 0 spiro atoms. The maximum absolute atomic E-state index is 4.85. The van der Waals surface area contributed by atoms with E-state index in [0.717, 1.165) is 0 Å². The largest absolute Gasteiger partial charge is 0.282 e. The molecule has 0 saturated heterocycles. The number of rotatable bonds is 0. The molecule has 0 aliphatic heterocycles. The number of hydrogen-bond acceptors (Lipinski definition) is 4. The van der Waals surface area contributed by atoms with Gasteiger partial charge in [-0.25, -0.2) is 32.4 Å². The van der Waals surface area contributed by atoms with Gasteiger partial charge in [0.2, 0.25) is 0 Å². The normalized spacial score (nSPS) is 8.86. The summed E-state index contributed by atoms with van der Waals surface area (Å²) in [5, 5.41) is -0.106. The van der Waals surface area contributed by atoms with Crippen molar-refractivity contribution < 1.29 is 0 Å². The molecule has 0 aromatic heterocycles. The zero-order chi connectivity index (χ0) is 5.86. The minimum Gasteiger partial charge on any atom is -0.282 e. The summed E-state index contributed by atoms with van der Waals surface area (Å²) < 4.78 is 0. The molecular formula is IS6-. The van der Waals surface area contributed by atoms with Gasteiger partial charge in [-0.3, -0.25) is 5.18 Å². The Balaban J connectivity index is 5.65. The molecule has 0 amide bonds. The van der Waals surface area contributed by atoms with Gasteiger partial charge in [0.25, 0.3) is 0 Å². The molecule has 0 bridgehead atoms. The standard InChI is InChI=1S/IS6/c1-6(3)7(4)5-2/q-1. The van der Waals surface area contributed by atoms with Crippen LogP contribution in [0.25, 0.3) is 0 Å². The predicted molar refractivity (Wildman–Crippen MR) is 58.2 cm³/mol. The molecule has 0 aliphatic carbocycles. The lowest BCUT2D eigenvalue weighted by molar-refractivity contribution is 5.97. The Morgan fingerprint density at radius 2 is 2.14 bits per heavy atom. The van der Waals surface area contributed by atoms with Crippen LogP contribution in [0.2, 0.25) is 0 Å².